The number of hydrogen-bond donors (Lipinski definition) is 2. The first-order valence-electron chi connectivity index (χ1n) is 4.98. The summed E-state index contributed by atoms with van der Waals surface area (Å²) in [5.41, 5.74) is 0. The highest BCUT2D eigenvalue weighted by atomic mass is 32.1. The maximum atomic E-state index is 9.04. The maximum absolute atomic E-state index is 9.04. The molecule has 0 aliphatic rings. The monoisotopic (exact) mass is 214 g/mol. The summed E-state index contributed by atoms with van der Waals surface area (Å²) >= 11 is 1.73. The topological polar surface area (TPSA) is 45.2 Å². The smallest absolute Gasteiger partial charge is 0.0897 e. The van der Waals surface area contributed by atoms with E-state index in [0.29, 0.717) is 0 Å². The minimum atomic E-state index is -0.178. The van der Waals surface area contributed by atoms with Gasteiger partial charge < -0.3 is 10.4 Å². The van der Waals surface area contributed by atoms with E-state index in [9.17, 15) is 0 Å². The molecule has 1 heterocycles. The van der Waals surface area contributed by atoms with Gasteiger partial charge >= 0.3 is 0 Å². The van der Waals surface area contributed by atoms with E-state index < -0.39 is 0 Å². The summed E-state index contributed by atoms with van der Waals surface area (Å²) in [6.45, 7) is 5.70. The summed E-state index contributed by atoms with van der Waals surface area (Å²) in [6.07, 6.45) is 3.63. The first kappa shape index (κ1) is 11.6. The molecular weight excluding hydrogens is 196 g/mol. The highest BCUT2D eigenvalue weighted by Crippen LogP contribution is 2.10. The molecule has 0 bridgehead atoms. The zero-order valence-electron chi connectivity index (χ0n) is 8.79. The summed E-state index contributed by atoms with van der Waals surface area (Å²) in [5, 5.41) is 13.5. The van der Waals surface area contributed by atoms with E-state index in [0.717, 1.165) is 30.9 Å². The van der Waals surface area contributed by atoms with Gasteiger partial charge in [-0.25, -0.2) is 4.98 Å². The van der Waals surface area contributed by atoms with E-state index in [2.05, 4.69) is 10.3 Å². The van der Waals surface area contributed by atoms with Crippen molar-refractivity contribution in [1.29, 1.82) is 0 Å². The van der Waals surface area contributed by atoms with Gasteiger partial charge in [0.25, 0.3) is 0 Å². The van der Waals surface area contributed by atoms with E-state index >= 15 is 0 Å². The standard InChI is InChI=1S/C10H18N2OS/c1-8(13)4-3-5-11-6-10-7-12-9(2)14-10/h7-8,11,13H,3-6H2,1-2H3. The average Bonchev–Trinajstić information content (AvgIpc) is 2.50. The molecule has 0 aliphatic heterocycles. The van der Waals surface area contributed by atoms with Crippen molar-refractivity contribution < 1.29 is 5.11 Å². The lowest BCUT2D eigenvalue weighted by molar-refractivity contribution is 0.181. The summed E-state index contributed by atoms with van der Waals surface area (Å²) in [6, 6.07) is 0. The van der Waals surface area contributed by atoms with Crippen LogP contribution in [0.15, 0.2) is 6.20 Å². The molecule has 0 spiro atoms. The minimum absolute atomic E-state index is 0.178. The van der Waals surface area contributed by atoms with Crippen molar-refractivity contribution in [3.8, 4) is 0 Å². The lowest BCUT2D eigenvalue weighted by Gasteiger charge is -2.04. The van der Waals surface area contributed by atoms with Gasteiger partial charge in [-0.05, 0) is 33.2 Å². The Labute approximate surface area is 89.2 Å². The predicted octanol–water partition coefficient (Wildman–Crippen LogP) is 1.70. The minimum Gasteiger partial charge on any atom is -0.393 e. The van der Waals surface area contributed by atoms with Gasteiger partial charge in [0.2, 0.25) is 0 Å². The molecule has 2 N–H and O–H groups in total. The summed E-state index contributed by atoms with van der Waals surface area (Å²) in [5.74, 6) is 0. The van der Waals surface area contributed by atoms with Crippen LogP contribution in [0.5, 0.6) is 0 Å². The van der Waals surface area contributed by atoms with Gasteiger partial charge in [-0.15, -0.1) is 11.3 Å². The van der Waals surface area contributed by atoms with Gasteiger partial charge in [0.15, 0.2) is 0 Å². The molecular formula is C10H18N2OS. The molecule has 0 amide bonds. The van der Waals surface area contributed by atoms with Crippen molar-refractivity contribution in [1.82, 2.24) is 10.3 Å². The van der Waals surface area contributed by atoms with E-state index in [1.54, 1.807) is 11.3 Å². The van der Waals surface area contributed by atoms with E-state index in [1.165, 1.54) is 4.88 Å². The molecule has 1 aromatic heterocycles. The number of rotatable bonds is 6. The van der Waals surface area contributed by atoms with Crippen molar-refractivity contribution in [3.05, 3.63) is 16.1 Å². The molecule has 3 nitrogen and oxygen atoms in total. The van der Waals surface area contributed by atoms with Crippen LogP contribution in [-0.4, -0.2) is 22.7 Å². The molecule has 0 aliphatic carbocycles. The van der Waals surface area contributed by atoms with Crippen LogP contribution in [0.4, 0.5) is 0 Å². The Kier molecular flexibility index (Phi) is 5.07. The van der Waals surface area contributed by atoms with Crippen LogP contribution in [0, 0.1) is 6.92 Å². The summed E-state index contributed by atoms with van der Waals surface area (Å²) in [7, 11) is 0. The van der Waals surface area contributed by atoms with E-state index in [1.807, 2.05) is 20.0 Å². The van der Waals surface area contributed by atoms with Crippen molar-refractivity contribution in [2.45, 2.75) is 39.3 Å². The normalized spacial score (nSPS) is 13.1. The van der Waals surface area contributed by atoms with Crippen molar-refractivity contribution in [3.63, 3.8) is 0 Å². The van der Waals surface area contributed by atoms with Gasteiger partial charge in [0.05, 0.1) is 11.1 Å². The number of thiazole rings is 1. The first-order valence-corrected chi connectivity index (χ1v) is 5.80. The lowest BCUT2D eigenvalue weighted by atomic mass is 10.2. The number of aryl methyl sites for hydroxylation is 1. The fraction of sp³-hybridized carbons (Fsp3) is 0.700. The quantitative estimate of drug-likeness (QED) is 0.709. The molecule has 1 unspecified atom stereocenters. The van der Waals surface area contributed by atoms with Crippen LogP contribution >= 0.6 is 11.3 Å². The fourth-order valence-corrected chi connectivity index (χ4v) is 1.99. The third-order valence-corrected chi connectivity index (χ3v) is 2.86. The predicted molar refractivity (Wildman–Crippen MR) is 59.5 cm³/mol. The Morgan fingerprint density at radius 1 is 1.64 bits per heavy atom. The first-order chi connectivity index (χ1) is 6.68. The number of nitrogens with one attached hydrogen (secondary N) is 1. The summed E-state index contributed by atoms with van der Waals surface area (Å²) < 4.78 is 0. The SMILES string of the molecule is Cc1ncc(CNCCCC(C)O)s1. The average molecular weight is 214 g/mol. The molecule has 0 saturated heterocycles. The number of nitrogens with zero attached hydrogens (tertiary/aromatic N) is 1. The number of aliphatic hydroxyl groups excluding tert-OH is 1. The molecule has 1 atom stereocenters. The van der Waals surface area contributed by atoms with E-state index in [-0.39, 0.29) is 6.10 Å². The second kappa shape index (κ2) is 6.11. The molecule has 14 heavy (non-hydrogen) atoms. The van der Waals surface area contributed by atoms with Crippen LogP contribution in [-0.2, 0) is 6.54 Å². The van der Waals surface area contributed by atoms with Gasteiger partial charge in [0.1, 0.15) is 0 Å². The van der Waals surface area contributed by atoms with Crippen LogP contribution in [0.1, 0.15) is 29.7 Å². The highest BCUT2D eigenvalue weighted by molar-refractivity contribution is 7.11. The molecule has 1 aromatic rings. The zero-order chi connectivity index (χ0) is 10.4. The van der Waals surface area contributed by atoms with E-state index in [4.69, 9.17) is 5.11 Å². The Morgan fingerprint density at radius 2 is 2.43 bits per heavy atom. The van der Waals surface area contributed by atoms with Crippen LogP contribution in [0.2, 0.25) is 0 Å². The Hall–Kier alpha value is -0.450. The Bertz CT molecular complexity index is 260. The molecule has 0 aromatic carbocycles. The lowest BCUT2D eigenvalue weighted by Crippen LogP contribution is -2.15. The highest BCUT2D eigenvalue weighted by Gasteiger charge is 1.98. The number of aliphatic hydroxyl groups is 1. The van der Waals surface area contributed by atoms with Crippen LogP contribution in [0.3, 0.4) is 0 Å². The maximum Gasteiger partial charge on any atom is 0.0897 e. The third kappa shape index (κ3) is 4.69. The second-order valence-electron chi connectivity index (χ2n) is 3.51. The van der Waals surface area contributed by atoms with Gasteiger partial charge in [-0.2, -0.15) is 0 Å². The Morgan fingerprint density at radius 3 is 3.00 bits per heavy atom. The van der Waals surface area contributed by atoms with Gasteiger partial charge in [-0.3, -0.25) is 0 Å². The molecule has 1 rings (SSSR count). The second-order valence-corrected chi connectivity index (χ2v) is 4.83. The largest absolute Gasteiger partial charge is 0.393 e. The fourth-order valence-electron chi connectivity index (χ4n) is 1.22. The molecule has 0 saturated carbocycles. The van der Waals surface area contributed by atoms with Crippen molar-refractivity contribution in [2.75, 3.05) is 6.54 Å². The Balaban J connectivity index is 2.04. The zero-order valence-corrected chi connectivity index (χ0v) is 9.60. The number of hydrogen-bond acceptors (Lipinski definition) is 4. The third-order valence-electron chi connectivity index (χ3n) is 1.94. The number of aromatic nitrogens is 1. The summed E-state index contributed by atoms with van der Waals surface area (Å²) in [4.78, 5) is 5.46. The molecule has 0 fully saturated rings. The van der Waals surface area contributed by atoms with Crippen molar-refractivity contribution in [2.24, 2.45) is 0 Å². The van der Waals surface area contributed by atoms with Crippen LogP contribution in [0.25, 0.3) is 0 Å². The molecule has 80 valence electrons. The van der Waals surface area contributed by atoms with Gasteiger partial charge in [0, 0.05) is 17.6 Å². The molecule has 4 heteroatoms. The molecule has 0 radical (unpaired) electrons. The van der Waals surface area contributed by atoms with Crippen LogP contribution < -0.4 is 5.32 Å². The van der Waals surface area contributed by atoms with Crippen molar-refractivity contribution >= 4 is 11.3 Å². The van der Waals surface area contributed by atoms with Gasteiger partial charge in [-0.1, -0.05) is 0 Å².